The molecule has 0 radical (unpaired) electrons. The Morgan fingerprint density at radius 1 is 0.833 bits per heavy atom. The van der Waals surface area contributed by atoms with Gasteiger partial charge >= 0.3 is 11.9 Å². The maximum absolute atomic E-state index is 11.1. The molecule has 0 spiro atoms. The lowest BCUT2D eigenvalue weighted by atomic mass is 10.1. The number of hydrogen-bond donors (Lipinski definition) is 0. The summed E-state index contributed by atoms with van der Waals surface area (Å²) in [6.45, 7) is 4.17. The molecule has 4 heteroatoms. The first-order valence-electron chi connectivity index (χ1n) is 7.45. The van der Waals surface area contributed by atoms with Crippen LogP contribution in [0, 0.1) is 23.7 Å². The van der Waals surface area contributed by atoms with Gasteiger partial charge in [-0.3, -0.25) is 0 Å². The molecular formula is C20H18O4. The molecule has 1 aromatic rings. The highest BCUT2D eigenvalue weighted by Crippen LogP contribution is 2.01. The fourth-order valence-corrected chi connectivity index (χ4v) is 1.49. The Labute approximate surface area is 142 Å². The second kappa shape index (κ2) is 11.3. The molecule has 1 aromatic carbocycles. The molecule has 0 atom stereocenters. The van der Waals surface area contributed by atoms with Crippen molar-refractivity contribution in [2.75, 3.05) is 13.2 Å². The lowest BCUT2D eigenvalue weighted by molar-refractivity contribution is -0.138. The van der Waals surface area contributed by atoms with E-state index in [0.717, 1.165) is 11.1 Å². The average Bonchev–Trinajstić information content (AvgIpc) is 2.57. The predicted molar refractivity (Wildman–Crippen MR) is 91.7 cm³/mol. The first-order valence-corrected chi connectivity index (χ1v) is 7.45. The van der Waals surface area contributed by atoms with Gasteiger partial charge in [0.2, 0.25) is 0 Å². The van der Waals surface area contributed by atoms with Gasteiger partial charge in [0.1, 0.15) is 0 Å². The number of hydrogen-bond acceptors (Lipinski definition) is 4. The molecule has 0 N–H and O–H groups in total. The van der Waals surface area contributed by atoms with Gasteiger partial charge in [0, 0.05) is 23.3 Å². The van der Waals surface area contributed by atoms with Crippen molar-refractivity contribution in [3.05, 3.63) is 59.7 Å². The second-order valence-corrected chi connectivity index (χ2v) is 4.29. The quantitative estimate of drug-likeness (QED) is 0.486. The van der Waals surface area contributed by atoms with E-state index in [1.165, 1.54) is 24.3 Å². The van der Waals surface area contributed by atoms with Crippen LogP contribution in [-0.4, -0.2) is 25.2 Å². The van der Waals surface area contributed by atoms with Crippen LogP contribution in [0.5, 0.6) is 0 Å². The minimum Gasteiger partial charge on any atom is -0.463 e. The highest BCUT2D eigenvalue weighted by molar-refractivity contribution is 5.82. The summed E-state index contributed by atoms with van der Waals surface area (Å²) in [6.07, 6.45) is 5.47. The van der Waals surface area contributed by atoms with Gasteiger partial charge < -0.3 is 9.47 Å². The van der Waals surface area contributed by atoms with Crippen LogP contribution < -0.4 is 0 Å². The van der Waals surface area contributed by atoms with Gasteiger partial charge in [-0.1, -0.05) is 23.7 Å². The summed E-state index contributed by atoms with van der Waals surface area (Å²) < 4.78 is 9.48. The molecule has 1 rings (SSSR count). The lowest BCUT2D eigenvalue weighted by Gasteiger charge is -1.92. The minimum atomic E-state index is -0.409. The van der Waals surface area contributed by atoms with Crippen molar-refractivity contribution in [2.24, 2.45) is 0 Å². The van der Waals surface area contributed by atoms with Crippen LogP contribution in [0.25, 0.3) is 0 Å². The van der Waals surface area contributed by atoms with Crippen LogP contribution in [0.3, 0.4) is 0 Å². The van der Waals surface area contributed by atoms with Gasteiger partial charge in [0.25, 0.3) is 0 Å². The van der Waals surface area contributed by atoms with E-state index in [9.17, 15) is 9.59 Å². The van der Waals surface area contributed by atoms with Gasteiger partial charge in [0.15, 0.2) is 0 Å². The summed E-state index contributed by atoms with van der Waals surface area (Å²) >= 11 is 0. The third-order valence-electron chi connectivity index (χ3n) is 2.50. The molecular weight excluding hydrogens is 304 g/mol. The number of carbonyl (C=O) groups excluding carboxylic acids is 2. The second-order valence-electron chi connectivity index (χ2n) is 4.29. The Morgan fingerprint density at radius 3 is 1.54 bits per heavy atom. The fraction of sp³-hybridized carbons (Fsp3) is 0.200. The first-order chi connectivity index (χ1) is 11.7. The summed E-state index contributed by atoms with van der Waals surface area (Å²) in [7, 11) is 0. The Bertz CT molecular complexity index is 667. The molecule has 0 aliphatic rings. The Hall–Kier alpha value is -3.24. The van der Waals surface area contributed by atoms with Crippen LogP contribution in [-0.2, 0) is 19.1 Å². The largest absolute Gasteiger partial charge is 0.463 e. The Balaban J connectivity index is 2.58. The minimum absolute atomic E-state index is 0.341. The van der Waals surface area contributed by atoms with Crippen molar-refractivity contribution in [1.82, 2.24) is 0 Å². The molecule has 0 fully saturated rings. The van der Waals surface area contributed by atoms with E-state index in [2.05, 4.69) is 23.7 Å². The molecule has 0 aliphatic heterocycles. The number of ether oxygens (including phenoxy) is 2. The number of rotatable bonds is 4. The van der Waals surface area contributed by atoms with Crippen LogP contribution in [0.2, 0.25) is 0 Å². The smallest absolute Gasteiger partial charge is 0.331 e. The highest BCUT2D eigenvalue weighted by Gasteiger charge is 1.91. The normalized spacial score (nSPS) is 9.75. The zero-order valence-corrected chi connectivity index (χ0v) is 13.7. The molecule has 0 bridgehead atoms. The number of carbonyl (C=O) groups is 2. The van der Waals surface area contributed by atoms with E-state index >= 15 is 0 Å². The van der Waals surface area contributed by atoms with E-state index < -0.39 is 11.9 Å². The van der Waals surface area contributed by atoms with Crippen LogP contribution in [0.15, 0.2) is 48.6 Å². The van der Waals surface area contributed by atoms with Crippen molar-refractivity contribution >= 4 is 11.9 Å². The zero-order chi connectivity index (χ0) is 17.6. The van der Waals surface area contributed by atoms with Crippen molar-refractivity contribution in [2.45, 2.75) is 13.8 Å². The van der Waals surface area contributed by atoms with E-state index in [0.29, 0.717) is 13.2 Å². The van der Waals surface area contributed by atoms with Gasteiger partial charge in [-0.05, 0) is 50.3 Å². The van der Waals surface area contributed by atoms with Crippen molar-refractivity contribution < 1.29 is 19.1 Å². The SMILES string of the molecule is CCOC(=O)/C=C\C#Cc1ccc(C#C/C=C\C(=O)OCC)cc1. The molecule has 0 aromatic heterocycles. The molecule has 0 unspecified atom stereocenters. The summed E-state index contributed by atoms with van der Waals surface area (Å²) in [5.74, 6) is 10.5. The van der Waals surface area contributed by atoms with Crippen LogP contribution in [0.4, 0.5) is 0 Å². The van der Waals surface area contributed by atoms with E-state index in [1.807, 2.05) is 24.3 Å². The van der Waals surface area contributed by atoms with E-state index in [1.54, 1.807) is 13.8 Å². The Morgan fingerprint density at radius 2 is 1.21 bits per heavy atom. The molecule has 0 heterocycles. The average molecular weight is 322 g/mol. The van der Waals surface area contributed by atoms with Gasteiger partial charge in [-0.25, -0.2) is 9.59 Å². The number of benzene rings is 1. The van der Waals surface area contributed by atoms with Gasteiger partial charge in [0.05, 0.1) is 13.2 Å². The van der Waals surface area contributed by atoms with Crippen molar-refractivity contribution in [3.63, 3.8) is 0 Å². The molecule has 0 saturated carbocycles. The first kappa shape index (κ1) is 18.8. The molecule has 0 amide bonds. The molecule has 24 heavy (non-hydrogen) atoms. The molecule has 0 saturated heterocycles. The van der Waals surface area contributed by atoms with Crippen LogP contribution >= 0.6 is 0 Å². The monoisotopic (exact) mass is 322 g/mol. The van der Waals surface area contributed by atoms with E-state index in [-0.39, 0.29) is 0 Å². The summed E-state index contributed by atoms with van der Waals surface area (Å²) in [4.78, 5) is 22.2. The molecule has 0 aliphatic carbocycles. The molecule has 4 nitrogen and oxygen atoms in total. The Kier molecular flexibility index (Phi) is 8.89. The van der Waals surface area contributed by atoms with Gasteiger partial charge in [-0.2, -0.15) is 0 Å². The maximum Gasteiger partial charge on any atom is 0.331 e. The summed E-state index contributed by atoms with van der Waals surface area (Å²) in [5, 5.41) is 0. The third-order valence-corrected chi connectivity index (χ3v) is 2.50. The van der Waals surface area contributed by atoms with Crippen molar-refractivity contribution in [3.8, 4) is 23.7 Å². The topological polar surface area (TPSA) is 52.6 Å². The standard InChI is InChI=1S/C20H18O4/c1-3-23-19(21)11-7-5-9-17-13-15-18(16-14-17)10-6-8-12-20(22)24-4-2/h7-8,11-16H,3-4H2,1-2H3/b11-7-,12-8-. The fourth-order valence-electron chi connectivity index (χ4n) is 1.49. The highest BCUT2D eigenvalue weighted by atomic mass is 16.5. The summed E-state index contributed by atoms with van der Waals surface area (Å²) in [5.41, 5.74) is 1.60. The van der Waals surface area contributed by atoms with E-state index in [4.69, 9.17) is 9.47 Å². The zero-order valence-electron chi connectivity index (χ0n) is 13.7. The number of allylic oxidation sites excluding steroid dienone is 2. The molecule has 122 valence electrons. The number of esters is 2. The maximum atomic E-state index is 11.1. The summed E-state index contributed by atoms with van der Waals surface area (Å²) in [6, 6.07) is 7.29. The van der Waals surface area contributed by atoms with Crippen molar-refractivity contribution in [1.29, 1.82) is 0 Å². The lowest BCUT2D eigenvalue weighted by Crippen LogP contribution is -1.98. The van der Waals surface area contributed by atoms with Gasteiger partial charge in [-0.15, -0.1) is 0 Å². The van der Waals surface area contributed by atoms with Crippen LogP contribution in [0.1, 0.15) is 25.0 Å². The third kappa shape index (κ3) is 8.26. The predicted octanol–water partition coefficient (Wildman–Crippen LogP) is 2.63.